The van der Waals surface area contributed by atoms with Crippen molar-refractivity contribution in [3.05, 3.63) is 39.3 Å². The molecule has 0 saturated carbocycles. The number of hydrogen-bond donors (Lipinski definition) is 1. The number of aryl methyl sites for hydroxylation is 1. The van der Waals surface area contributed by atoms with Crippen molar-refractivity contribution in [1.29, 1.82) is 0 Å². The summed E-state index contributed by atoms with van der Waals surface area (Å²) in [5.74, 6) is -0.611. The number of nitro groups is 1. The number of hydrogen-bond acceptors (Lipinski definition) is 7. The lowest BCUT2D eigenvalue weighted by atomic mass is 9.99. The Balaban J connectivity index is 1.69. The number of carbonyl (C=O) groups excluding carboxylic acids is 1. The smallest absolute Gasteiger partial charge is 0.272 e. The third kappa shape index (κ3) is 5.02. The van der Waals surface area contributed by atoms with Gasteiger partial charge in [-0.1, -0.05) is 19.1 Å². The summed E-state index contributed by atoms with van der Waals surface area (Å²) in [6, 6.07) is 4.88. The van der Waals surface area contributed by atoms with Gasteiger partial charge in [-0.3, -0.25) is 14.9 Å². The van der Waals surface area contributed by atoms with E-state index in [1.165, 1.54) is 21.7 Å². The fourth-order valence-corrected chi connectivity index (χ4v) is 5.74. The number of benzene rings is 1. The third-order valence-electron chi connectivity index (χ3n) is 5.05. The van der Waals surface area contributed by atoms with Crippen molar-refractivity contribution in [2.75, 3.05) is 24.2 Å². The highest BCUT2D eigenvalue weighted by molar-refractivity contribution is 7.89. The minimum atomic E-state index is -3.33. The van der Waals surface area contributed by atoms with Crippen molar-refractivity contribution >= 4 is 38.1 Å². The van der Waals surface area contributed by atoms with Crippen molar-refractivity contribution in [3.63, 3.8) is 0 Å². The van der Waals surface area contributed by atoms with E-state index in [9.17, 15) is 23.3 Å². The van der Waals surface area contributed by atoms with Crippen LogP contribution >= 0.6 is 11.3 Å². The van der Waals surface area contributed by atoms with E-state index in [0.29, 0.717) is 47.8 Å². The molecule has 162 valence electrons. The number of carbonyl (C=O) groups is 1. The number of amides is 1. The summed E-state index contributed by atoms with van der Waals surface area (Å²) in [5.41, 5.74) is 1.71. The van der Waals surface area contributed by atoms with E-state index in [-0.39, 0.29) is 23.9 Å². The van der Waals surface area contributed by atoms with Gasteiger partial charge >= 0.3 is 0 Å². The molecule has 9 nitrogen and oxygen atoms in total. The lowest BCUT2D eigenvalue weighted by molar-refractivity contribution is -0.385. The van der Waals surface area contributed by atoms with Crippen LogP contribution in [0.5, 0.6) is 0 Å². The van der Waals surface area contributed by atoms with E-state index in [4.69, 9.17) is 0 Å². The van der Waals surface area contributed by atoms with E-state index >= 15 is 0 Å². The van der Waals surface area contributed by atoms with Gasteiger partial charge in [0.25, 0.3) is 5.69 Å². The molecule has 1 aliphatic rings. The molecule has 2 aromatic rings. The maximum atomic E-state index is 12.7. The molecule has 1 aromatic heterocycles. The Kier molecular flexibility index (Phi) is 6.84. The Morgan fingerprint density at radius 3 is 2.90 bits per heavy atom. The Morgan fingerprint density at radius 2 is 2.20 bits per heavy atom. The van der Waals surface area contributed by atoms with Gasteiger partial charge in [-0.2, -0.15) is 0 Å². The van der Waals surface area contributed by atoms with Crippen LogP contribution in [0.3, 0.4) is 0 Å². The maximum Gasteiger partial charge on any atom is 0.272 e. The van der Waals surface area contributed by atoms with Crippen molar-refractivity contribution in [1.82, 2.24) is 9.29 Å². The van der Waals surface area contributed by atoms with Crippen LogP contribution in [0, 0.1) is 23.0 Å². The van der Waals surface area contributed by atoms with Gasteiger partial charge in [0.1, 0.15) is 0 Å². The Labute approximate surface area is 179 Å². The summed E-state index contributed by atoms with van der Waals surface area (Å²) < 4.78 is 26.0. The van der Waals surface area contributed by atoms with Crippen LogP contribution in [-0.4, -0.2) is 47.4 Å². The molecule has 0 aliphatic carbocycles. The molecular weight excluding hydrogens is 428 g/mol. The van der Waals surface area contributed by atoms with Crippen molar-refractivity contribution in [3.8, 4) is 11.3 Å². The Bertz CT molecular complexity index is 1050. The van der Waals surface area contributed by atoms with Gasteiger partial charge in [0.15, 0.2) is 5.13 Å². The molecular formula is C19H24N4O5S2. The standard InChI is InChI=1S/C19H24N4O5S2/c1-3-9-30(27,28)22-8-4-5-15(11-22)18(24)21-19-20-16(12-29-19)14-7-6-13(2)17(10-14)23(25)26/h6-7,10,12,15H,3-5,8-9,11H2,1-2H3,(H,20,21,24). The minimum Gasteiger partial charge on any atom is -0.302 e. The molecule has 3 rings (SSSR count). The normalized spacial score (nSPS) is 17.6. The number of sulfonamides is 1. The number of thiazole rings is 1. The number of nitro benzene ring substituents is 1. The van der Waals surface area contributed by atoms with Crippen LogP contribution in [-0.2, 0) is 14.8 Å². The number of nitrogens with one attached hydrogen (secondary N) is 1. The zero-order chi connectivity index (χ0) is 21.9. The fraction of sp³-hybridized carbons (Fsp3) is 0.474. The quantitative estimate of drug-likeness (QED) is 0.507. The third-order valence-corrected chi connectivity index (χ3v) is 7.85. The van der Waals surface area contributed by atoms with Crippen LogP contribution in [0.1, 0.15) is 31.7 Å². The number of piperidine rings is 1. The average molecular weight is 453 g/mol. The van der Waals surface area contributed by atoms with Crippen molar-refractivity contribution in [2.24, 2.45) is 5.92 Å². The largest absolute Gasteiger partial charge is 0.302 e. The van der Waals surface area contributed by atoms with Gasteiger partial charge in [0.2, 0.25) is 15.9 Å². The van der Waals surface area contributed by atoms with E-state index in [1.807, 2.05) is 6.92 Å². The molecule has 1 amide bonds. The summed E-state index contributed by atoms with van der Waals surface area (Å²) in [7, 11) is -3.33. The molecule has 0 spiro atoms. The SMILES string of the molecule is CCCS(=O)(=O)N1CCCC(C(=O)Nc2nc(-c3ccc(C)c([N+](=O)[O-])c3)cs2)C1. The first-order valence-electron chi connectivity index (χ1n) is 9.71. The summed E-state index contributed by atoms with van der Waals surface area (Å²) in [6.07, 6.45) is 1.79. The zero-order valence-electron chi connectivity index (χ0n) is 16.8. The highest BCUT2D eigenvalue weighted by atomic mass is 32.2. The van der Waals surface area contributed by atoms with Crippen LogP contribution in [0.2, 0.25) is 0 Å². The molecule has 1 atom stereocenters. The second-order valence-corrected chi connectivity index (χ2v) is 10.2. The summed E-state index contributed by atoms with van der Waals surface area (Å²) >= 11 is 1.22. The van der Waals surface area contributed by atoms with Crippen LogP contribution in [0.15, 0.2) is 23.6 Å². The van der Waals surface area contributed by atoms with Crippen LogP contribution in [0.25, 0.3) is 11.3 Å². The highest BCUT2D eigenvalue weighted by Gasteiger charge is 2.32. The molecule has 1 saturated heterocycles. The number of anilines is 1. The highest BCUT2D eigenvalue weighted by Crippen LogP contribution is 2.30. The molecule has 11 heteroatoms. The molecule has 2 heterocycles. The number of nitrogens with zero attached hydrogens (tertiary/aromatic N) is 3. The molecule has 30 heavy (non-hydrogen) atoms. The zero-order valence-corrected chi connectivity index (χ0v) is 18.5. The summed E-state index contributed by atoms with van der Waals surface area (Å²) in [5, 5.41) is 16.0. The van der Waals surface area contributed by atoms with Crippen molar-refractivity contribution in [2.45, 2.75) is 33.1 Å². The predicted molar refractivity (Wildman–Crippen MR) is 116 cm³/mol. The predicted octanol–water partition coefficient (Wildman–Crippen LogP) is 3.42. The maximum absolute atomic E-state index is 12.7. The molecule has 1 N–H and O–H groups in total. The van der Waals surface area contributed by atoms with Gasteiger partial charge in [-0.05, 0) is 26.2 Å². The minimum absolute atomic E-state index is 0.0154. The molecule has 1 unspecified atom stereocenters. The van der Waals surface area contributed by atoms with Gasteiger partial charge in [-0.15, -0.1) is 11.3 Å². The Hall–Kier alpha value is -2.37. The van der Waals surface area contributed by atoms with E-state index in [2.05, 4.69) is 10.3 Å². The molecule has 0 bridgehead atoms. The summed E-state index contributed by atoms with van der Waals surface area (Å²) in [6.45, 7) is 4.10. The first-order valence-corrected chi connectivity index (χ1v) is 12.2. The summed E-state index contributed by atoms with van der Waals surface area (Å²) in [4.78, 5) is 27.8. The lowest BCUT2D eigenvalue weighted by Gasteiger charge is -2.30. The molecule has 1 fully saturated rings. The van der Waals surface area contributed by atoms with Crippen molar-refractivity contribution < 1.29 is 18.1 Å². The molecule has 1 aliphatic heterocycles. The number of aromatic nitrogens is 1. The Morgan fingerprint density at radius 1 is 1.43 bits per heavy atom. The molecule has 1 aromatic carbocycles. The fourth-order valence-electron chi connectivity index (χ4n) is 3.43. The molecule has 0 radical (unpaired) electrons. The average Bonchev–Trinajstić information content (AvgIpc) is 3.16. The van der Waals surface area contributed by atoms with Crippen LogP contribution in [0.4, 0.5) is 10.8 Å². The van der Waals surface area contributed by atoms with Crippen LogP contribution < -0.4 is 5.32 Å². The van der Waals surface area contributed by atoms with Gasteiger partial charge in [-0.25, -0.2) is 17.7 Å². The monoisotopic (exact) mass is 452 g/mol. The first kappa shape index (κ1) is 22.3. The van der Waals surface area contributed by atoms with Gasteiger partial charge in [0, 0.05) is 35.7 Å². The van der Waals surface area contributed by atoms with Gasteiger partial charge < -0.3 is 5.32 Å². The van der Waals surface area contributed by atoms with E-state index in [0.717, 1.165) is 0 Å². The second kappa shape index (κ2) is 9.19. The lowest BCUT2D eigenvalue weighted by Crippen LogP contribution is -2.44. The van der Waals surface area contributed by atoms with E-state index < -0.39 is 20.9 Å². The van der Waals surface area contributed by atoms with Gasteiger partial charge in [0.05, 0.1) is 22.3 Å². The number of rotatable bonds is 7. The topological polar surface area (TPSA) is 123 Å². The second-order valence-electron chi connectivity index (χ2n) is 7.30. The van der Waals surface area contributed by atoms with E-state index in [1.54, 1.807) is 24.4 Å². The first-order chi connectivity index (χ1) is 14.2.